The van der Waals surface area contributed by atoms with E-state index in [2.05, 4.69) is 36.1 Å². The molecule has 1 aliphatic rings. The number of esters is 2. The van der Waals surface area contributed by atoms with Crippen molar-refractivity contribution in [2.75, 3.05) is 26.1 Å². The molecular formula is C31H33N3O6S. The summed E-state index contributed by atoms with van der Waals surface area (Å²) in [6, 6.07) is 12.4. The first-order chi connectivity index (χ1) is 19.6. The van der Waals surface area contributed by atoms with Crippen LogP contribution in [-0.2, 0) is 27.1 Å². The van der Waals surface area contributed by atoms with E-state index in [9.17, 15) is 14.4 Å². The summed E-state index contributed by atoms with van der Waals surface area (Å²) >= 11 is 1.40. The van der Waals surface area contributed by atoms with Crippen LogP contribution in [0.2, 0.25) is 0 Å². The second-order valence-corrected chi connectivity index (χ2v) is 12.3. The van der Waals surface area contributed by atoms with Gasteiger partial charge >= 0.3 is 11.9 Å². The number of carbonyl (C=O) groups excluding carboxylic acids is 3. The molecule has 0 spiro atoms. The van der Waals surface area contributed by atoms with Crippen molar-refractivity contribution in [2.45, 2.75) is 40.0 Å². The first kappa shape index (κ1) is 28.4. The van der Waals surface area contributed by atoms with E-state index in [4.69, 9.17) is 14.2 Å². The van der Waals surface area contributed by atoms with Gasteiger partial charge in [-0.15, -0.1) is 11.3 Å². The summed E-state index contributed by atoms with van der Waals surface area (Å²) in [4.78, 5) is 47.1. The number of aromatic nitrogens is 2. The number of nitrogens with zero attached hydrogens (tertiary/aromatic N) is 1. The van der Waals surface area contributed by atoms with E-state index >= 15 is 0 Å². The molecule has 0 saturated carbocycles. The molecule has 10 heteroatoms. The number of carbonyl (C=O) groups is 3. The molecule has 1 atom stereocenters. The summed E-state index contributed by atoms with van der Waals surface area (Å²) in [5, 5.41) is 3.21. The van der Waals surface area contributed by atoms with Crippen LogP contribution in [0.4, 0.5) is 5.00 Å². The monoisotopic (exact) mass is 575 g/mol. The van der Waals surface area contributed by atoms with Crippen LogP contribution in [0.25, 0.3) is 22.4 Å². The Labute approximate surface area is 242 Å². The minimum Gasteiger partial charge on any atom is -0.497 e. The maximum atomic E-state index is 12.8. The molecule has 2 N–H and O–H groups in total. The molecule has 0 bridgehead atoms. The quantitative estimate of drug-likeness (QED) is 0.258. The lowest BCUT2D eigenvalue weighted by atomic mass is 9.72. The third-order valence-corrected chi connectivity index (χ3v) is 8.72. The summed E-state index contributed by atoms with van der Waals surface area (Å²) < 4.78 is 15.5. The van der Waals surface area contributed by atoms with Gasteiger partial charge in [0.1, 0.15) is 16.6 Å². The molecule has 41 heavy (non-hydrogen) atoms. The fourth-order valence-corrected chi connectivity index (χ4v) is 6.46. The minimum absolute atomic E-state index is 0.140. The van der Waals surface area contributed by atoms with Crippen molar-refractivity contribution >= 4 is 45.2 Å². The number of H-pyrrole nitrogens is 1. The van der Waals surface area contributed by atoms with Gasteiger partial charge in [0.05, 0.1) is 36.4 Å². The SMILES string of the molecule is COC(=O)c1c(NC(=O)COC(=O)c2ccc3nc(-c4ccc(OC)cc4)[nH]c3c2)sc2c1CCC(C(C)(C)C)C2. The molecule has 9 nitrogen and oxygen atoms in total. The number of nitrogens with one attached hydrogen (secondary N) is 2. The normalized spacial score (nSPS) is 14.8. The average Bonchev–Trinajstić information content (AvgIpc) is 3.55. The van der Waals surface area contributed by atoms with Crippen molar-refractivity contribution in [3.8, 4) is 17.1 Å². The Morgan fingerprint density at radius 3 is 2.51 bits per heavy atom. The van der Waals surface area contributed by atoms with E-state index < -0.39 is 24.5 Å². The lowest BCUT2D eigenvalue weighted by molar-refractivity contribution is -0.119. The third-order valence-electron chi connectivity index (χ3n) is 7.55. The minimum atomic E-state index is -0.644. The van der Waals surface area contributed by atoms with Crippen LogP contribution in [0.15, 0.2) is 42.5 Å². The predicted octanol–water partition coefficient (Wildman–Crippen LogP) is 6.03. The fourth-order valence-electron chi connectivity index (χ4n) is 5.13. The Balaban J connectivity index is 1.26. The third kappa shape index (κ3) is 5.97. The zero-order chi connectivity index (χ0) is 29.3. The van der Waals surface area contributed by atoms with Gasteiger partial charge in [-0.3, -0.25) is 4.79 Å². The second-order valence-electron chi connectivity index (χ2n) is 11.2. The molecule has 0 aliphatic heterocycles. The highest BCUT2D eigenvalue weighted by atomic mass is 32.1. The van der Waals surface area contributed by atoms with E-state index in [1.54, 1.807) is 25.3 Å². The predicted molar refractivity (Wildman–Crippen MR) is 158 cm³/mol. The number of anilines is 1. The van der Waals surface area contributed by atoms with Crippen LogP contribution >= 0.6 is 11.3 Å². The van der Waals surface area contributed by atoms with Crippen LogP contribution in [0, 0.1) is 11.3 Å². The number of methoxy groups -OCH3 is 2. The number of imidazole rings is 1. The van der Waals surface area contributed by atoms with E-state index in [1.807, 2.05) is 24.3 Å². The second kappa shape index (κ2) is 11.4. The van der Waals surface area contributed by atoms with Gasteiger partial charge in [0.25, 0.3) is 5.91 Å². The Hall–Kier alpha value is -4.18. The first-order valence-corrected chi connectivity index (χ1v) is 14.2. The maximum absolute atomic E-state index is 12.8. The molecule has 2 aromatic heterocycles. The van der Waals surface area contributed by atoms with Crippen LogP contribution in [-0.4, -0.2) is 48.6 Å². The molecule has 5 rings (SSSR count). The lowest BCUT2D eigenvalue weighted by Gasteiger charge is -2.33. The van der Waals surface area contributed by atoms with Gasteiger partial charge in [0, 0.05) is 10.4 Å². The van der Waals surface area contributed by atoms with Crippen molar-refractivity contribution in [1.29, 1.82) is 0 Å². The largest absolute Gasteiger partial charge is 0.497 e. The summed E-state index contributed by atoms with van der Waals surface area (Å²) in [5.41, 5.74) is 3.99. The number of ether oxygens (including phenoxy) is 3. The van der Waals surface area contributed by atoms with Crippen molar-refractivity contribution < 1.29 is 28.6 Å². The van der Waals surface area contributed by atoms with E-state index in [0.29, 0.717) is 33.3 Å². The highest BCUT2D eigenvalue weighted by Gasteiger charge is 2.34. The average molecular weight is 576 g/mol. The zero-order valence-electron chi connectivity index (χ0n) is 23.8. The van der Waals surface area contributed by atoms with Crippen molar-refractivity contribution in [3.05, 3.63) is 64.0 Å². The van der Waals surface area contributed by atoms with Gasteiger partial charge in [-0.25, -0.2) is 14.6 Å². The van der Waals surface area contributed by atoms with Gasteiger partial charge in [0.15, 0.2) is 6.61 Å². The number of benzene rings is 2. The van der Waals surface area contributed by atoms with Crippen molar-refractivity contribution in [3.63, 3.8) is 0 Å². The maximum Gasteiger partial charge on any atom is 0.341 e. The van der Waals surface area contributed by atoms with Crippen LogP contribution in [0.5, 0.6) is 5.75 Å². The highest BCUT2D eigenvalue weighted by molar-refractivity contribution is 7.17. The van der Waals surface area contributed by atoms with Gasteiger partial charge in [-0.05, 0) is 78.6 Å². The molecule has 0 saturated heterocycles. The molecule has 4 aromatic rings. The molecule has 0 fully saturated rings. The van der Waals surface area contributed by atoms with E-state index in [-0.39, 0.29) is 11.0 Å². The number of amides is 1. The number of aromatic amines is 1. The Kier molecular flexibility index (Phi) is 7.86. The summed E-state index contributed by atoms with van der Waals surface area (Å²) in [7, 11) is 2.94. The van der Waals surface area contributed by atoms with Gasteiger partial charge in [-0.2, -0.15) is 0 Å². The Morgan fingerprint density at radius 2 is 1.83 bits per heavy atom. The number of hydrogen-bond donors (Lipinski definition) is 2. The Morgan fingerprint density at radius 1 is 1.07 bits per heavy atom. The first-order valence-electron chi connectivity index (χ1n) is 13.4. The highest BCUT2D eigenvalue weighted by Crippen LogP contribution is 2.44. The number of hydrogen-bond acceptors (Lipinski definition) is 8. The summed E-state index contributed by atoms with van der Waals surface area (Å²) in [6.45, 7) is 6.17. The summed E-state index contributed by atoms with van der Waals surface area (Å²) in [6.07, 6.45) is 2.55. The molecule has 1 unspecified atom stereocenters. The fraction of sp³-hybridized carbons (Fsp3) is 0.355. The van der Waals surface area contributed by atoms with Gasteiger partial charge in [0.2, 0.25) is 0 Å². The van der Waals surface area contributed by atoms with Crippen LogP contribution < -0.4 is 10.1 Å². The van der Waals surface area contributed by atoms with E-state index in [1.165, 1.54) is 18.4 Å². The topological polar surface area (TPSA) is 120 Å². The molecule has 2 heterocycles. The molecule has 214 valence electrons. The smallest absolute Gasteiger partial charge is 0.341 e. The molecule has 1 amide bonds. The van der Waals surface area contributed by atoms with Gasteiger partial charge < -0.3 is 24.5 Å². The van der Waals surface area contributed by atoms with Gasteiger partial charge in [-0.1, -0.05) is 20.8 Å². The molecular weight excluding hydrogens is 542 g/mol. The molecule has 1 aliphatic carbocycles. The van der Waals surface area contributed by atoms with Crippen molar-refractivity contribution in [2.24, 2.45) is 11.3 Å². The Bertz CT molecular complexity index is 1610. The summed E-state index contributed by atoms with van der Waals surface area (Å²) in [5.74, 6) is 0.219. The van der Waals surface area contributed by atoms with Crippen molar-refractivity contribution in [1.82, 2.24) is 9.97 Å². The number of rotatable bonds is 7. The van der Waals surface area contributed by atoms with Crippen LogP contribution in [0.1, 0.15) is 58.3 Å². The number of thiophene rings is 1. The van der Waals surface area contributed by atoms with Crippen LogP contribution in [0.3, 0.4) is 0 Å². The molecule has 2 aromatic carbocycles. The van der Waals surface area contributed by atoms with E-state index in [0.717, 1.165) is 41.0 Å². The standard InChI is InChI=1S/C31H33N3O6S/c1-31(2,3)19-9-12-21-24(15-19)41-28(26(21)30(37)39-5)34-25(35)16-40-29(36)18-8-13-22-23(14-18)33-27(32-22)17-6-10-20(38-4)11-7-17/h6-8,10-11,13-14,19H,9,12,15-16H2,1-5H3,(H,32,33)(H,34,35). The zero-order valence-corrected chi connectivity index (χ0v) is 24.6. The number of fused-ring (bicyclic) bond motifs is 2. The lowest BCUT2D eigenvalue weighted by Crippen LogP contribution is -2.26. The molecule has 0 radical (unpaired) electrons.